The third-order valence-corrected chi connectivity index (χ3v) is 3.02. The van der Waals surface area contributed by atoms with Crippen LogP contribution < -0.4 is 10.4 Å². The van der Waals surface area contributed by atoms with Gasteiger partial charge in [0.2, 0.25) is 0 Å². The normalized spacial score (nSPS) is 14.5. The number of benzene rings is 1. The van der Waals surface area contributed by atoms with Gasteiger partial charge in [-0.3, -0.25) is 0 Å². The number of esters is 1. The van der Waals surface area contributed by atoms with Gasteiger partial charge >= 0.3 is 5.97 Å². The van der Waals surface area contributed by atoms with Gasteiger partial charge in [-0.15, -0.1) is 0 Å². The molecule has 0 aromatic heterocycles. The highest BCUT2D eigenvalue weighted by Crippen LogP contribution is 2.13. The summed E-state index contributed by atoms with van der Waals surface area (Å²) in [5, 5.41) is 2.18. The topological polar surface area (TPSA) is 26.3 Å². The van der Waals surface area contributed by atoms with E-state index in [1.165, 1.54) is 5.22 Å². The lowest BCUT2D eigenvalue weighted by molar-refractivity contribution is -0.136. The molecule has 1 aromatic rings. The molecule has 2 nitrogen and oxygen atoms in total. The Bertz CT molecular complexity index is 676. The van der Waals surface area contributed by atoms with E-state index in [1.807, 2.05) is 25.2 Å². The van der Waals surface area contributed by atoms with Crippen molar-refractivity contribution in [2.45, 2.75) is 6.92 Å². The van der Waals surface area contributed by atoms with Crippen molar-refractivity contribution in [3.63, 3.8) is 0 Å². The van der Waals surface area contributed by atoms with Crippen LogP contribution in [0.15, 0.2) is 24.3 Å². The Morgan fingerprint density at radius 2 is 2.06 bits per heavy atom. The fourth-order valence-corrected chi connectivity index (χ4v) is 2.22. The summed E-state index contributed by atoms with van der Waals surface area (Å²) in [7, 11) is 0. The van der Waals surface area contributed by atoms with Crippen LogP contribution in [0.1, 0.15) is 18.1 Å². The van der Waals surface area contributed by atoms with Crippen molar-refractivity contribution >= 4 is 29.8 Å². The molecule has 0 aliphatic heterocycles. The SMILES string of the molecule is CCOC(=O)C1=c2cc3c(cc2C=C1)=CC=C3. The number of rotatable bonds is 2. The molecule has 0 atom stereocenters. The van der Waals surface area contributed by atoms with E-state index in [-0.39, 0.29) is 5.97 Å². The average molecular weight is 224 g/mol. The zero-order chi connectivity index (χ0) is 11.8. The van der Waals surface area contributed by atoms with E-state index in [0.717, 1.165) is 16.3 Å². The molecule has 2 aliphatic rings. The number of hydrogen-bond acceptors (Lipinski definition) is 2. The number of carbonyl (C=O) groups excluding carboxylic acids is 1. The van der Waals surface area contributed by atoms with E-state index in [4.69, 9.17) is 4.74 Å². The van der Waals surface area contributed by atoms with Crippen LogP contribution in [0.3, 0.4) is 0 Å². The van der Waals surface area contributed by atoms with Crippen LogP contribution in [0.5, 0.6) is 0 Å². The monoisotopic (exact) mass is 224 g/mol. The molecule has 0 saturated heterocycles. The number of hydrogen-bond donors (Lipinski definition) is 0. The molecule has 0 unspecified atom stereocenters. The molecule has 3 rings (SSSR count). The minimum absolute atomic E-state index is 0.242. The van der Waals surface area contributed by atoms with Crippen LogP contribution in [0.2, 0.25) is 0 Å². The predicted molar refractivity (Wildman–Crippen MR) is 68.3 cm³/mol. The maximum absolute atomic E-state index is 11.8. The minimum Gasteiger partial charge on any atom is -0.462 e. The van der Waals surface area contributed by atoms with Crippen LogP contribution in [-0.2, 0) is 9.53 Å². The van der Waals surface area contributed by atoms with Crippen LogP contribution in [0.25, 0.3) is 23.8 Å². The van der Waals surface area contributed by atoms with Crippen LogP contribution in [-0.4, -0.2) is 12.6 Å². The molecule has 0 radical (unpaired) electrons. The van der Waals surface area contributed by atoms with Crippen molar-refractivity contribution in [2.24, 2.45) is 0 Å². The molecule has 17 heavy (non-hydrogen) atoms. The highest BCUT2D eigenvalue weighted by Gasteiger charge is 2.15. The molecule has 0 N–H and O–H groups in total. The number of allylic oxidation sites excluding steroid dienone is 1. The van der Waals surface area contributed by atoms with Gasteiger partial charge in [-0.2, -0.15) is 0 Å². The van der Waals surface area contributed by atoms with Crippen molar-refractivity contribution in [2.75, 3.05) is 6.61 Å². The van der Waals surface area contributed by atoms with Gasteiger partial charge in [0.1, 0.15) is 0 Å². The number of ether oxygens (including phenoxy) is 1. The van der Waals surface area contributed by atoms with E-state index >= 15 is 0 Å². The maximum Gasteiger partial charge on any atom is 0.338 e. The summed E-state index contributed by atoms with van der Waals surface area (Å²) in [5.74, 6) is -0.242. The van der Waals surface area contributed by atoms with Crippen LogP contribution >= 0.6 is 0 Å². The summed E-state index contributed by atoms with van der Waals surface area (Å²) in [6.07, 6.45) is 9.95. The molecule has 0 spiro atoms. The van der Waals surface area contributed by atoms with Gasteiger partial charge in [-0.25, -0.2) is 4.79 Å². The third-order valence-electron chi connectivity index (χ3n) is 3.02. The molecule has 0 bridgehead atoms. The Balaban J connectivity index is 2.21. The lowest BCUT2D eigenvalue weighted by atomic mass is 10.1. The Morgan fingerprint density at radius 3 is 2.88 bits per heavy atom. The summed E-state index contributed by atoms with van der Waals surface area (Å²) in [4.78, 5) is 11.8. The van der Waals surface area contributed by atoms with Gasteiger partial charge in [0.15, 0.2) is 0 Å². The Morgan fingerprint density at radius 1 is 1.18 bits per heavy atom. The van der Waals surface area contributed by atoms with E-state index in [2.05, 4.69) is 24.3 Å². The second-order valence-electron chi connectivity index (χ2n) is 4.06. The van der Waals surface area contributed by atoms with Gasteiger partial charge in [-0.05, 0) is 46.7 Å². The standard InChI is InChI=1S/C15H12O2/c1-2-17-15(16)13-7-6-12-8-10-4-3-5-11(10)9-14(12)13/h3-9H,2H2,1H3. The molecule has 84 valence electrons. The Hall–Kier alpha value is -2.09. The molecule has 0 saturated carbocycles. The van der Waals surface area contributed by atoms with Gasteiger partial charge in [0.25, 0.3) is 0 Å². The minimum atomic E-state index is -0.242. The van der Waals surface area contributed by atoms with Crippen LogP contribution in [0.4, 0.5) is 0 Å². The predicted octanol–water partition coefficient (Wildman–Crippen LogP) is 1.23. The first-order chi connectivity index (χ1) is 8.29. The second-order valence-corrected chi connectivity index (χ2v) is 4.06. The first-order valence-corrected chi connectivity index (χ1v) is 5.71. The smallest absolute Gasteiger partial charge is 0.338 e. The fourth-order valence-electron chi connectivity index (χ4n) is 2.22. The molecule has 0 fully saturated rings. The van der Waals surface area contributed by atoms with E-state index in [0.29, 0.717) is 12.2 Å². The maximum atomic E-state index is 11.8. The first kappa shape index (κ1) is 10.1. The Kier molecular flexibility index (Phi) is 2.22. The molecule has 1 aromatic carbocycles. The zero-order valence-electron chi connectivity index (χ0n) is 9.57. The van der Waals surface area contributed by atoms with Gasteiger partial charge < -0.3 is 4.74 Å². The van der Waals surface area contributed by atoms with Crippen molar-refractivity contribution < 1.29 is 9.53 Å². The molecular formula is C15H12O2. The van der Waals surface area contributed by atoms with Gasteiger partial charge in [0.05, 0.1) is 12.2 Å². The average Bonchev–Trinajstić information content (AvgIpc) is 2.91. The van der Waals surface area contributed by atoms with Crippen molar-refractivity contribution in [1.82, 2.24) is 0 Å². The summed E-state index contributed by atoms with van der Waals surface area (Å²) >= 11 is 0. The zero-order valence-corrected chi connectivity index (χ0v) is 9.57. The largest absolute Gasteiger partial charge is 0.462 e. The van der Waals surface area contributed by atoms with E-state index < -0.39 is 0 Å². The lowest BCUT2D eigenvalue weighted by Gasteiger charge is -2.01. The fraction of sp³-hybridized carbons (Fsp3) is 0.133. The van der Waals surface area contributed by atoms with Gasteiger partial charge in [0, 0.05) is 0 Å². The summed E-state index contributed by atoms with van der Waals surface area (Å²) in [6, 6.07) is 4.16. The lowest BCUT2D eigenvalue weighted by Crippen LogP contribution is -2.18. The van der Waals surface area contributed by atoms with E-state index in [1.54, 1.807) is 0 Å². The number of fused-ring (bicyclic) bond motifs is 2. The summed E-state index contributed by atoms with van der Waals surface area (Å²) in [6.45, 7) is 2.22. The Labute approximate surface area is 99.2 Å². The van der Waals surface area contributed by atoms with Gasteiger partial charge in [-0.1, -0.05) is 24.3 Å². The summed E-state index contributed by atoms with van der Waals surface area (Å²) in [5.41, 5.74) is 2.91. The van der Waals surface area contributed by atoms with Crippen molar-refractivity contribution in [3.8, 4) is 0 Å². The summed E-state index contributed by atoms with van der Waals surface area (Å²) < 4.78 is 5.05. The second kappa shape index (κ2) is 3.74. The number of carbonyl (C=O) groups is 1. The molecule has 0 heterocycles. The molecule has 2 aliphatic carbocycles. The molecular weight excluding hydrogens is 212 g/mol. The van der Waals surface area contributed by atoms with Crippen molar-refractivity contribution in [3.05, 3.63) is 45.8 Å². The van der Waals surface area contributed by atoms with E-state index in [9.17, 15) is 4.79 Å². The molecule has 0 amide bonds. The first-order valence-electron chi connectivity index (χ1n) is 5.71. The highest BCUT2D eigenvalue weighted by molar-refractivity contribution is 6.16. The highest BCUT2D eigenvalue weighted by atomic mass is 16.5. The third kappa shape index (κ3) is 1.53. The quantitative estimate of drug-likeness (QED) is 0.706. The molecule has 2 heteroatoms. The van der Waals surface area contributed by atoms with Crippen molar-refractivity contribution in [1.29, 1.82) is 0 Å². The van der Waals surface area contributed by atoms with Crippen LogP contribution in [0, 0.1) is 0 Å².